The van der Waals surface area contributed by atoms with Gasteiger partial charge in [-0.2, -0.15) is 0 Å². The first kappa shape index (κ1) is 14.7. The van der Waals surface area contributed by atoms with Crippen LogP contribution in [0.2, 0.25) is 0 Å². The van der Waals surface area contributed by atoms with Crippen molar-refractivity contribution in [2.75, 3.05) is 6.61 Å². The molecule has 1 aromatic carbocycles. The van der Waals surface area contributed by atoms with E-state index in [1.165, 1.54) is 6.42 Å². The van der Waals surface area contributed by atoms with Gasteiger partial charge < -0.3 is 14.6 Å². The Kier molecular flexibility index (Phi) is 5.27. The molecule has 1 aliphatic carbocycles. The molecule has 0 saturated heterocycles. The molecule has 4 nitrogen and oxygen atoms in total. The molecule has 0 heterocycles. The lowest BCUT2D eigenvalue weighted by Crippen LogP contribution is -2.20. The van der Waals surface area contributed by atoms with Crippen LogP contribution in [0.4, 0.5) is 0 Å². The molecular formula is C16H22O4. The van der Waals surface area contributed by atoms with Gasteiger partial charge in [0.2, 0.25) is 0 Å². The van der Waals surface area contributed by atoms with Gasteiger partial charge in [-0.3, -0.25) is 0 Å². The lowest BCUT2D eigenvalue weighted by atomic mass is 9.97. The van der Waals surface area contributed by atoms with E-state index in [2.05, 4.69) is 0 Å². The van der Waals surface area contributed by atoms with E-state index in [0.717, 1.165) is 32.1 Å². The monoisotopic (exact) mass is 278 g/mol. The smallest absolute Gasteiger partial charge is 0.339 e. The SMILES string of the molecule is CCCOc1ccc(C(=O)O)c(OC2CCCCC2)c1. The van der Waals surface area contributed by atoms with Crippen LogP contribution < -0.4 is 9.47 Å². The van der Waals surface area contributed by atoms with Gasteiger partial charge in [-0.15, -0.1) is 0 Å². The molecule has 0 radical (unpaired) electrons. The Labute approximate surface area is 119 Å². The summed E-state index contributed by atoms with van der Waals surface area (Å²) in [4.78, 5) is 11.3. The van der Waals surface area contributed by atoms with Crippen LogP contribution in [0.1, 0.15) is 55.8 Å². The lowest BCUT2D eigenvalue weighted by molar-refractivity contribution is 0.0686. The second kappa shape index (κ2) is 7.17. The summed E-state index contributed by atoms with van der Waals surface area (Å²) in [6.45, 7) is 2.65. The summed E-state index contributed by atoms with van der Waals surface area (Å²) >= 11 is 0. The second-order valence-corrected chi connectivity index (χ2v) is 5.19. The summed E-state index contributed by atoms with van der Waals surface area (Å²) in [7, 11) is 0. The van der Waals surface area contributed by atoms with E-state index < -0.39 is 5.97 Å². The maximum absolute atomic E-state index is 11.3. The van der Waals surface area contributed by atoms with E-state index in [4.69, 9.17) is 9.47 Å². The number of hydrogen-bond acceptors (Lipinski definition) is 3. The summed E-state index contributed by atoms with van der Waals surface area (Å²) in [6, 6.07) is 4.95. The third kappa shape index (κ3) is 3.89. The number of carboxylic acid groups (broad SMARTS) is 1. The molecule has 1 fully saturated rings. The Morgan fingerprint density at radius 2 is 2.05 bits per heavy atom. The second-order valence-electron chi connectivity index (χ2n) is 5.19. The fraction of sp³-hybridized carbons (Fsp3) is 0.562. The Morgan fingerprint density at radius 3 is 2.70 bits per heavy atom. The van der Waals surface area contributed by atoms with Crippen molar-refractivity contribution in [3.05, 3.63) is 23.8 Å². The number of carbonyl (C=O) groups is 1. The molecule has 1 aliphatic rings. The molecule has 1 saturated carbocycles. The Hall–Kier alpha value is -1.71. The minimum absolute atomic E-state index is 0.128. The molecule has 0 aliphatic heterocycles. The highest BCUT2D eigenvalue weighted by atomic mass is 16.5. The van der Waals surface area contributed by atoms with E-state index in [-0.39, 0.29) is 11.7 Å². The van der Waals surface area contributed by atoms with E-state index >= 15 is 0 Å². The normalized spacial score (nSPS) is 15.8. The Balaban J connectivity index is 2.14. The molecule has 0 aromatic heterocycles. The van der Waals surface area contributed by atoms with Crippen molar-refractivity contribution in [2.45, 2.75) is 51.6 Å². The van der Waals surface area contributed by atoms with Crippen molar-refractivity contribution >= 4 is 5.97 Å². The van der Waals surface area contributed by atoms with Gasteiger partial charge in [-0.05, 0) is 44.2 Å². The number of ether oxygens (including phenoxy) is 2. The van der Waals surface area contributed by atoms with Gasteiger partial charge in [0.05, 0.1) is 12.7 Å². The number of rotatable bonds is 6. The fourth-order valence-corrected chi connectivity index (χ4v) is 2.45. The van der Waals surface area contributed by atoms with Crippen LogP contribution in [-0.4, -0.2) is 23.8 Å². The van der Waals surface area contributed by atoms with Gasteiger partial charge in [0, 0.05) is 6.07 Å². The average Bonchev–Trinajstić information content (AvgIpc) is 2.46. The summed E-state index contributed by atoms with van der Waals surface area (Å²) in [5.74, 6) is 0.138. The van der Waals surface area contributed by atoms with Crippen molar-refractivity contribution in [3.63, 3.8) is 0 Å². The molecule has 110 valence electrons. The first-order valence-corrected chi connectivity index (χ1v) is 7.37. The minimum Gasteiger partial charge on any atom is -0.493 e. The molecular weight excluding hydrogens is 256 g/mol. The average molecular weight is 278 g/mol. The van der Waals surface area contributed by atoms with E-state index in [0.29, 0.717) is 18.1 Å². The first-order chi connectivity index (χ1) is 9.70. The summed E-state index contributed by atoms with van der Waals surface area (Å²) in [5.41, 5.74) is 0.208. The van der Waals surface area contributed by atoms with Crippen molar-refractivity contribution in [1.29, 1.82) is 0 Å². The van der Waals surface area contributed by atoms with Crippen LogP contribution in [-0.2, 0) is 0 Å². The van der Waals surface area contributed by atoms with Crippen LogP contribution in [0.15, 0.2) is 18.2 Å². The molecule has 1 N–H and O–H groups in total. The molecule has 1 aromatic rings. The standard InChI is InChI=1S/C16H22O4/c1-2-10-19-13-8-9-14(16(17)18)15(11-13)20-12-6-4-3-5-7-12/h8-9,11-12H,2-7,10H2,1H3,(H,17,18). The first-order valence-electron chi connectivity index (χ1n) is 7.37. The molecule has 0 amide bonds. The number of benzene rings is 1. The van der Waals surface area contributed by atoms with E-state index in [1.807, 2.05) is 6.92 Å². The third-order valence-electron chi connectivity index (χ3n) is 3.50. The maximum atomic E-state index is 11.3. The maximum Gasteiger partial charge on any atom is 0.339 e. The van der Waals surface area contributed by atoms with Crippen LogP contribution >= 0.6 is 0 Å². The highest BCUT2D eigenvalue weighted by Gasteiger charge is 2.19. The van der Waals surface area contributed by atoms with E-state index in [9.17, 15) is 9.90 Å². The van der Waals surface area contributed by atoms with Gasteiger partial charge >= 0.3 is 5.97 Å². The largest absolute Gasteiger partial charge is 0.493 e. The molecule has 20 heavy (non-hydrogen) atoms. The van der Waals surface area contributed by atoms with Gasteiger partial charge in [0.1, 0.15) is 17.1 Å². The van der Waals surface area contributed by atoms with E-state index in [1.54, 1.807) is 18.2 Å². The zero-order chi connectivity index (χ0) is 14.4. The molecule has 0 spiro atoms. The molecule has 0 unspecified atom stereocenters. The topological polar surface area (TPSA) is 55.8 Å². The highest BCUT2D eigenvalue weighted by Crippen LogP contribution is 2.29. The van der Waals surface area contributed by atoms with Gasteiger partial charge in [0.25, 0.3) is 0 Å². The number of hydrogen-bond donors (Lipinski definition) is 1. The predicted octanol–water partition coefficient (Wildman–Crippen LogP) is 3.89. The predicted molar refractivity (Wildman–Crippen MR) is 76.7 cm³/mol. The van der Waals surface area contributed by atoms with Crippen LogP contribution in [0.5, 0.6) is 11.5 Å². The zero-order valence-corrected chi connectivity index (χ0v) is 11.9. The summed E-state index contributed by atoms with van der Waals surface area (Å²) < 4.78 is 11.5. The molecule has 0 atom stereocenters. The summed E-state index contributed by atoms with van der Waals surface area (Å²) in [5, 5.41) is 9.24. The van der Waals surface area contributed by atoms with Crippen molar-refractivity contribution < 1.29 is 19.4 Å². The van der Waals surface area contributed by atoms with Crippen LogP contribution in [0.3, 0.4) is 0 Å². The zero-order valence-electron chi connectivity index (χ0n) is 11.9. The van der Waals surface area contributed by atoms with Gasteiger partial charge in [-0.1, -0.05) is 13.3 Å². The summed E-state index contributed by atoms with van der Waals surface area (Å²) in [6.07, 6.45) is 6.59. The number of carboxylic acids is 1. The highest BCUT2D eigenvalue weighted by molar-refractivity contribution is 5.91. The Bertz CT molecular complexity index is 450. The molecule has 4 heteroatoms. The Morgan fingerprint density at radius 1 is 1.30 bits per heavy atom. The van der Waals surface area contributed by atoms with Crippen LogP contribution in [0, 0.1) is 0 Å². The number of aromatic carboxylic acids is 1. The van der Waals surface area contributed by atoms with Gasteiger partial charge in [-0.25, -0.2) is 4.79 Å². The van der Waals surface area contributed by atoms with Crippen molar-refractivity contribution in [1.82, 2.24) is 0 Å². The quantitative estimate of drug-likeness (QED) is 0.857. The van der Waals surface area contributed by atoms with Crippen molar-refractivity contribution in [3.8, 4) is 11.5 Å². The van der Waals surface area contributed by atoms with Crippen molar-refractivity contribution in [2.24, 2.45) is 0 Å². The molecule has 2 rings (SSSR count). The van der Waals surface area contributed by atoms with Crippen LogP contribution in [0.25, 0.3) is 0 Å². The van der Waals surface area contributed by atoms with Gasteiger partial charge in [0.15, 0.2) is 0 Å². The lowest BCUT2D eigenvalue weighted by Gasteiger charge is -2.24. The fourth-order valence-electron chi connectivity index (χ4n) is 2.45. The third-order valence-corrected chi connectivity index (χ3v) is 3.50. The minimum atomic E-state index is -0.960. The molecule has 0 bridgehead atoms.